The molecule has 110 valence electrons. The zero-order valence-corrected chi connectivity index (χ0v) is 12.4. The first kappa shape index (κ1) is 14.9. The Labute approximate surface area is 121 Å². The van der Waals surface area contributed by atoms with Gasteiger partial charge in [-0.15, -0.1) is 0 Å². The largest absolute Gasteiger partial charge is 0.493 e. The molecule has 0 aliphatic heterocycles. The molecule has 0 radical (unpaired) electrons. The van der Waals surface area contributed by atoms with E-state index in [2.05, 4.69) is 6.92 Å². The normalized spacial score (nSPS) is 17.5. The Morgan fingerprint density at radius 2 is 1.85 bits per heavy atom. The topological polar surface area (TPSA) is 35.5 Å². The molecule has 1 aromatic carbocycles. The molecule has 1 unspecified atom stereocenters. The van der Waals surface area contributed by atoms with Crippen LogP contribution in [0.2, 0.25) is 0 Å². The first-order chi connectivity index (χ1) is 9.76. The lowest BCUT2D eigenvalue weighted by Gasteiger charge is -2.28. The van der Waals surface area contributed by atoms with Crippen molar-refractivity contribution in [1.82, 2.24) is 0 Å². The van der Waals surface area contributed by atoms with Gasteiger partial charge < -0.3 is 9.47 Å². The molecule has 0 N–H and O–H groups in total. The predicted octanol–water partition coefficient (Wildman–Crippen LogP) is 4.21. The summed E-state index contributed by atoms with van der Waals surface area (Å²) in [5.74, 6) is 1.52. The first-order valence-electron chi connectivity index (χ1n) is 7.61. The van der Waals surface area contributed by atoms with E-state index in [0.29, 0.717) is 17.4 Å². The maximum Gasteiger partial charge on any atom is 0.314 e. The summed E-state index contributed by atoms with van der Waals surface area (Å²) in [5, 5.41) is 0. The molecular formula is C17H24O3. The molecule has 0 heterocycles. The van der Waals surface area contributed by atoms with Crippen LogP contribution in [0, 0.1) is 11.8 Å². The molecule has 0 spiro atoms. The molecule has 1 saturated carbocycles. The van der Waals surface area contributed by atoms with Crippen molar-refractivity contribution >= 4 is 5.97 Å². The van der Waals surface area contributed by atoms with Gasteiger partial charge in [-0.25, -0.2) is 0 Å². The van der Waals surface area contributed by atoms with Gasteiger partial charge >= 0.3 is 5.97 Å². The summed E-state index contributed by atoms with van der Waals surface area (Å²) in [7, 11) is 1.59. The maximum atomic E-state index is 12.4. The summed E-state index contributed by atoms with van der Waals surface area (Å²) in [4.78, 5) is 12.4. The number of para-hydroxylation sites is 2. The van der Waals surface area contributed by atoms with E-state index in [9.17, 15) is 4.79 Å². The van der Waals surface area contributed by atoms with Crippen LogP contribution in [-0.4, -0.2) is 13.1 Å². The number of benzene rings is 1. The van der Waals surface area contributed by atoms with Crippen LogP contribution >= 0.6 is 0 Å². The van der Waals surface area contributed by atoms with Gasteiger partial charge in [-0.3, -0.25) is 4.79 Å². The molecule has 1 aliphatic rings. The van der Waals surface area contributed by atoms with E-state index in [0.717, 1.165) is 19.3 Å². The van der Waals surface area contributed by atoms with E-state index < -0.39 is 0 Å². The van der Waals surface area contributed by atoms with Crippen molar-refractivity contribution < 1.29 is 14.3 Å². The molecule has 0 saturated heterocycles. The van der Waals surface area contributed by atoms with E-state index in [1.807, 2.05) is 18.2 Å². The fourth-order valence-electron chi connectivity index (χ4n) is 3.12. The molecule has 1 fully saturated rings. The zero-order chi connectivity index (χ0) is 14.4. The fourth-order valence-corrected chi connectivity index (χ4v) is 3.12. The second-order valence-electron chi connectivity index (χ2n) is 5.48. The van der Waals surface area contributed by atoms with Gasteiger partial charge in [-0.2, -0.15) is 0 Å². The highest BCUT2D eigenvalue weighted by Gasteiger charge is 2.30. The summed E-state index contributed by atoms with van der Waals surface area (Å²) < 4.78 is 10.8. The van der Waals surface area contributed by atoms with Crippen molar-refractivity contribution in [3.05, 3.63) is 24.3 Å². The van der Waals surface area contributed by atoms with Crippen LogP contribution in [0.4, 0.5) is 0 Å². The molecule has 0 bridgehead atoms. The molecule has 1 aliphatic carbocycles. The van der Waals surface area contributed by atoms with Crippen molar-refractivity contribution in [3.8, 4) is 11.5 Å². The van der Waals surface area contributed by atoms with Crippen LogP contribution in [0.5, 0.6) is 11.5 Å². The van der Waals surface area contributed by atoms with Crippen molar-refractivity contribution in [2.75, 3.05) is 7.11 Å². The van der Waals surface area contributed by atoms with E-state index in [1.54, 1.807) is 13.2 Å². The summed E-state index contributed by atoms with van der Waals surface area (Å²) in [6.07, 6.45) is 6.93. The van der Waals surface area contributed by atoms with Crippen LogP contribution in [-0.2, 0) is 4.79 Å². The molecule has 0 amide bonds. The minimum atomic E-state index is -0.107. The molecule has 2 rings (SSSR count). The highest BCUT2D eigenvalue weighted by molar-refractivity contribution is 5.76. The molecule has 20 heavy (non-hydrogen) atoms. The molecule has 3 heteroatoms. The van der Waals surface area contributed by atoms with E-state index in [-0.39, 0.29) is 11.9 Å². The minimum Gasteiger partial charge on any atom is -0.493 e. The Morgan fingerprint density at radius 3 is 2.45 bits per heavy atom. The highest BCUT2D eigenvalue weighted by atomic mass is 16.6. The lowest BCUT2D eigenvalue weighted by atomic mass is 9.79. The third-order valence-corrected chi connectivity index (χ3v) is 4.24. The van der Waals surface area contributed by atoms with Gasteiger partial charge in [0.1, 0.15) is 0 Å². The number of hydrogen-bond acceptors (Lipinski definition) is 3. The van der Waals surface area contributed by atoms with Gasteiger partial charge in [0.25, 0.3) is 0 Å². The number of hydrogen-bond donors (Lipinski definition) is 0. The Bertz CT molecular complexity index is 436. The minimum absolute atomic E-state index is 0.0141. The summed E-state index contributed by atoms with van der Waals surface area (Å²) in [6.45, 7) is 2.07. The average Bonchev–Trinajstić information content (AvgIpc) is 2.49. The molecule has 1 atom stereocenters. The Hall–Kier alpha value is -1.51. The molecule has 3 nitrogen and oxygen atoms in total. The van der Waals surface area contributed by atoms with E-state index in [4.69, 9.17) is 9.47 Å². The summed E-state index contributed by atoms with van der Waals surface area (Å²) in [6, 6.07) is 7.32. The number of ether oxygens (including phenoxy) is 2. The third kappa shape index (κ3) is 3.53. The Kier molecular flexibility index (Phi) is 5.45. The molecule has 1 aromatic rings. The Morgan fingerprint density at radius 1 is 1.20 bits per heavy atom. The second kappa shape index (κ2) is 7.32. The Balaban J connectivity index is 2.05. The van der Waals surface area contributed by atoms with Crippen molar-refractivity contribution in [2.24, 2.45) is 11.8 Å². The van der Waals surface area contributed by atoms with Crippen LogP contribution in [0.25, 0.3) is 0 Å². The van der Waals surface area contributed by atoms with Crippen LogP contribution < -0.4 is 9.47 Å². The van der Waals surface area contributed by atoms with Crippen molar-refractivity contribution in [3.63, 3.8) is 0 Å². The molecule has 0 aromatic heterocycles. The summed E-state index contributed by atoms with van der Waals surface area (Å²) in [5.41, 5.74) is 0. The lowest BCUT2D eigenvalue weighted by molar-refractivity contribution is -0.141. The molecular weight excluding hydrogens is 252 g/mol. The average molecular weight is 276 g/mol. The summed E-state index contributed by atoms with van der Waals surface area (Å²) >= 11 is 0. The second-order valence-corrected chi connectivity index (χ2v) is 5.48. The number of rotatable bonds is 5. The SMILES string of the molecule is CCC(C(=O)Oc1ccccc1OC)C1CCCCC1. The van der Waals surface area contributed by atoms with Gasteiger partial charge in [0.05, 0.1) is 13.0 Å². The van der Waals surface area contributed by atoms with E-state index >= 15 is 0 Å². The quantitative estimate of drug-likeness (QED) is 0.597. The van der Waals surface area contributed by atoms with E-state index in [1.165, 1.54) is 19.3 Å². The zero-order valence-electron chi connectivity index (χ0n) is 12.4. The number of methoxy groups -OCH3 is 1. The van der Waals surface area contributed by atoms with Gasteiger partial charge in [-0.1, -0.05) is 38.3 Å². The third-order valence-electron chi connectivity index (χ3n) is 4.24. The van der Waals surface area contributed by atoms with Gasteiger partial charge in [-0.05, 0) is 37.3 Å². The number of carbonyl (C=O) groups excluding carboxylic acids is 1. The predicted molar refractivity (Wildman–Crippen MR) is 79.0 cm³/mol. The fraction of sp³-hybridized carbons (Fsp3) is 0.588. The van der Waals surface area contributed by atoms with Gasteiger partial charge in [0.15, 0.2) is 11.5 Å². The van der Waals surface area contributed by atoms with Gasteiger partial charge in [0.2, 0.25) is 0 Å². The monoisotopic (exact) mass is 276 g/mol. The smallest absolute Gasteiger partial charge is 0.314 e. The van der Waals surface area contributed by atoms with Crippen LogP contribution in [0.3, 0.4) is 0 Å². The van der Waals surface area contributed by atoms with Crippen LogP contribution in [0.1, 0.15) is 45.4 Å². The number of esters is 1. The van der Waals surface area contributed by atoms with Crippen molar-refractivity contribution in [2.45, 2.75) is 45.4 Å². The lowest BCUT2D eigenvalue weighted by Crippen LogP contribution is -2.29. The van der Waals surface area contributed by atoms with Crippen molar-refractivity contribution in [1.29, 1.82) is 0 Å². The first-order valence-corrected chi connectivity index (χ1v) is 7.61. The number of carbonyl (C=O) groups is 1. The van der Waals surface area contributed by atoms with Crippen LogP contribution in [0.15, 0.2) is 24.3 Å². The highest BCUT2D eigenvalue weighted by Crippen LogP contribution is 2.34. The van der Waals surface area contributed by atoms with Gasteiger partial charge in [0, 0.05) is 0 Å². The maximum absolute atomic E-state index is 12.4. The standard InChI is InChI=1S/C17H24O3/c1-3-14(13-9-5-4-6-10-13)17(18)20-16-12-8-7-11-15(16)19-2/h7-8,11-14H,3-6,9-10H2,1-2H3.